The number of carbonyl (C=O) groups is 3. The fourth-order valence-electron chi connectivity index (χ4n) is 8.69. The highest BCUT2D eigenvalue weighted by atomic mass is 16.5. The molecule has 0 aromatic carbocycles. The van der Waals surface area contributed by atoms with Crippen LogP contribution in [0.15, 0.2) is 0 Å². The van der Waals surface area contributed by atoms with Gasteiger partial charge in [0.2, 0.25) is 0 Å². The maximum absolute atomic E-state index is 12.4. The Hall–Kier alpha value is -1.67. The Morgan fingerprint density at radius 2 is 0.538 bits per heavy atom. The summed E-state index contributed by atoms with van der Waals surface area (Å²) in [5.41, 5.74) is 0. The van der Waals surface area contributed by atoms with Gasteiger partial charge in [0.15, 0.2) is 0 Å². The number of rotatable bonds is 55. The first-order valence-electron chi connectivity index (χ1n) is 28.9. The lowest BCUT2D eigenvalue weighted by Crippen LogP contribution is -2.30. The maximum atomic E-state index is 12.4. The molecule has 0 atom stereocenters. The van der Waals surface area contributed by atoms with Crippen molar-refractivity contribution < 1.29 is 28.6 Å². The SMILES string of the molecule is CCCCCCCCCCCCCOC(=O)CCCCNCCCN(CCCCC(=O)OCCCCCCCCCCCCC)CCCCC(=O)OCCCCCCCCCCCCC. The van der Waals surface area contributed by atoms with Crippen LogP contribution in [0.5, 0.6) is 0 Å². The van der Waals surface area contributed by atoms with Crippen molar-refractivity contribution in [2.75, 3.05) is 52.5 Å². The first-order chi connectivity index (χ1) is 32.0. The number of carbonyl (C=O) groups excluding carboxylic acids is 3. The van der Waals surface area contributed by atoms with Gasteiger partial charge in [0.1, 0.15) is 0 Å². The van der Waals surface area contributed by atoms with Crippen LogP contribution in [0.1, 0.15) is 297 Å². The van der Waals surface area contributed by atoms with E-state index in [2.05, 4.69) is 31.0 Å². The normalized spacial score (nSPS) is 11.4. The first kappa shape index (κ1) is 63.3. The van der Waals surface area contributed by atoms with Crippen molar-refractivity contribution in [3.05, 3.63) is 0 Å². The second-order valence-electron chi connectivity index (χ2n) is 19.6. The molecule has 0 fully saturated rings. The van der Waals surface area contributed by atoms with Crippen molar-refractivity contribution in [2.24, 2.45) is 0 Å². The van der Waals surface area contributed by atoms with E-state index in [0.29, 0.717) is 39.1 Å². The molecule has 0 saturated heterocycles. The Balaban J connectivity index is 4.21. The summed E-state index contributed by atoms with van der Waals surface area (Å²) in [5, 5.41) is 3.57. The zero-order valence-corrected chi connectivity index (χ0v) is 44.0. The molecule has 0 aliphatic rings. The third-order valence-electron chi connectivity index (χ3n) is 13.1. The smallest absolute Gasteiger partial charge is 0.305 e. The molecule has 8 heteroatoms. The Morgan fingerprint density at radius 1 is 0.292 bits per heavy atom. The molecule has 0 aromatic rings. The van der Waals surface area contributed by atoms with Crippen molar-refractivity contribution in [1.29, 1.82) is 0 Å². The van der Waals surface area contributed by atoms with Gasteiger partial charge in [-0.1, -0.05) is 213 Å². The second-order valence-corrected chi connectivity index (χ2v) is 19.6. The summed E-state index contributed by atoms with van der Waals surface area (Å²) in [4.78, 5) is 39.5. The van der Waals surface area contributed by atoms with Crippen LogP contribution in [0.2, 0.25) is 0 Å². The minimum atomic E-state index is -0.0582. The van der Waals surface area contributed by atoms with Gasteiger partial charge in [-0.2, -0.15) is 0 Å². The van der Waals surface area contributed by atoms with E-state index in [1.165, 1.54) is 173 Å². The van der Waals surface area contributed by atoms with Gasteiger partial charge in [-0.25, -0.2) is 0 Å². The van der Waals surface area contributed by atoms with Crippen molar-refractivity contribution in [1.82, 2.24) is 10.2 Å². The van der Waals surface area contributed by atoms with E-state index in [-0.39, 0.29) is 17.9 Å². The third kappa shape index (κ3) is 53.2. The molecule has 0 radical (unpaired) electrons. The summed E-state index contributed by atoms with van der Waals surface area (Å²) in [5.74, 6) is -0.169. The van der Waals surface area contributed by atoms with Gasteiger partial charge in [0, 0.05) is 19.3 Å². The molecule has 0 rings (SSSR count). The van der Waals surface area contributed by atoms with E-state index in [1.807, 2.05) is 0 Å². The van der Waals surface area contributed by atoms with Crippen molar-refractivity contribution in [3.8, 4) is 0 Å². The van der Waals surface area contributed by atoms with E-state index < -0.39 is 0 Å². The van der Waals surface area contributed by atoms with Gasteiger partial charge in [-0.3, -0.25) is 14.4 Å². The molecule has 0 amide bonds. The van der Waals surface area contributed by atoms with Gasteiger partial charge < -0.3 is 24.4 Å². The van der Waals surface area contributed by atoms with Crippen molar-refractivity contribution >= 4 is 17.9 Å². The number of esters is 3. The van der Waals surface area contributed by atoms with Crippen molar-refractivity contribution in [2.45, 2.75) is 297 Å². The summed E-state index contributed by atoms with van der Waals surface area (Å²) >= 11 is 0. The van der Waals surface area contributed by atoms with E-state index in [0.717, 1.165) is 116 Å². The Labute approximate surface area is 404 Å². The van der Waals surface area contributed by atoms with Crippen molar-refractivity contribution in [3.63, 3.8) is 0 Å². The molecule has 0 spiro atoms. The highest BCUT2D eigenvalue weighted by Gasteiger charge is 2.10. The Kier molecular flexibility index (Phi) is 53.5. The average molecular weight is 922 g/mol. The second kappa shape index (κ2) is 54.9. The van der Waals surface area contributed by atoms with Crippen LogP contribution in [-0.2, 0) is 28.6 Å². The van der Waals surface area contributed by atoms with E-state index >= 15 is 0 Å². The number of nitrogens with one attached hydrogen (secondary N) is 1. The summed E-state index contributed by atoms with van der Waals surface area (Å²) < 4.78 is 16.6. The van der Waals surface area contributed by atoms with Crippen LogP contribution in [0, 0.1) is 0 Å². The van der Waals surface area contributed by atoms with Gasteiger partial charge in [-0.15, -0.1) is 0 Å². The fraction of sp³-hybridized carbons (Fsp3) is 0.947. The quantitative estimate of drug-likeness (QED) is 0.0366. The summed E-state index contributed by atoms with van der Waals surface area (Å²) in [7, 11) is 0. The first-order valence-corrected chi connectivity index (χ1v) is 28.9. The molecule has 386 valence electrons. The van der Waals surface area contributed by atoms with Crippen LogP contribution in [-0.4, -0.2) is 75.4 Å². The predicted molar refractivity (Wildman–Crippen MR) is 278 cm³/mol. The molecule has 0 aromatic heterocycles. The lowest BCUT2D eigenvalue weighted by molar-refractivity contribution is -0.144. The van der Waals surface area contributed by atoms with Crippen LogP contribution < -0.4 is 5.32 Å². The van der Waals surface area contributed by atoms with Gasteiger partial charge in [0.05, 0.1) is 19.8 Å². The highest BCUT2D eigenvalue weighted by Crippen LogP contribution is 2.15. The molecule has 0 aliphatic heterocycles. The molecular weight excluding hydrogens is 809 g/mol. The van der Waals surface area contributed by atoms with E-state index in [4.69, 9.17) is 14.2 Å². The lowest BCUT2D eigenvalue weighted by Gasteiger charge is -2.22. The molecule has 0 bridgehead atoms. The van der Waals surface area contributed by atoms with Crippen LogP contribution in [0.25, 0.3) is 0 Å². The number of hydrogen-bond acceptors (Lipinski definition) is 8. The maximum Gasteiger partial charge on any atom is 0.305 e. The molecule has 0 unspecified atom stereocenters. The summed E-state index contributed by atoms with van der Waals surface area (Å²) in [6.45, 7) is 13.2. The number of hydrogen-bond donors (Lipinski definition) is 1. The molecule has 0 saturated carbocycles. The number of unbranched alkanes of at least 4 members (excludes halogenated alkanes) is 33. The van der Waals surface area contributed by atoms with E-state index in [1.54, 1.807) is 0 Å². The Bertz CT molecular complexity index is 931. The fourth-order valence-corrected chi connectivity index (χ4v) is 8.69. The average Bonchev–Trinajstić information content (AvgIpc) is 3.30. The topological polar surface area (TPSA) is 94.2 Å². The molecule has 8 nitrogen and oxygen atoms in total. The zero-order chi connectivity index (χ0) is 47.2. The van der Waals surface area contributed by atoms with E-state index in [9.17, 15) is 14.4 Å². The summed E-state index contributed by atoms with van der Waals surface area (Å²) in [6.07, 6.45) is 50.7. The molecule has 1 N–H and O–H groups in total. The van der Waals surface area contributed by atoms with Crippen LogP contribution in [0.3, 0.4) is 0 Å². The predicted octanol–water partition coefficient (Wildman–Crippen LogP) is 16.3. The third-order valence-corrected chi connectivity index (χ3v) is 13.1. The molecule has 0 aliphatic carbocycles. The molecule has 65 heavy (non-hydrogen) atoms. The largest absolute Gasteiger partial charge is 0.466 e. The monoisotopic (exact) mass is 921 g/mol. The van der Waals surface area contributed by atoms with Crippen LogP contribution in [0.4, 0.5) is 0 Å². The van der Waals surface area contributed by atoms with Gasteiger partial charge in [-0.05, 0) is 96.9 Å². The number of nitrogens with zero attached hydrogens (tertiary/aromatic N) is 1. The lowest BCUT2D eigenvalue weighted by atomic mass is 10.1. The van der Waals surface area contributed by atoms with Crippen LogP contribution >= 0.6 is 0 Å². The molecule has 0 heterocycles. The minimum absolute atomic E-state index is 0.0528. The molecular formula is C57H112N2O6. The zero-order valence-electron chi connectivity index (χ0n) is 44.0. The standard InChI is InChI=1S/C57H112N2O6/c1-4-7-10-13-16-19-22-25-28-31-40-52-63-55(60)44-34-37-47-58-48-43-51-59(49-38-35-45-56(61)64-53-41-32-29-26-23-20-17-14-11-8-5-2)50-39-36-46-57(62)65-54-42-33-30-27-24-21-18-15-12-9-6-3/h58H,4-54H2,1-3H3. The van der Waals surface area contributed by atoms with Gasteiger partial charge in [0.25, 0.3) is 0 Å². The summed E-state index contributed by atoms with van der Waals surface area (Å²) in [6, 6.07) is 0. The minimum Gasteiger partial charge on any atom is -0.466 e. The Morgan fingerprint density at radius 3 is 0.846 bits per heavy atom. The number of ether oxygens (including phenoxy) is 3. The highest BCUT2D eigenvalue weighted by molar-refractivity contribution is 5.69. The van der Waals surface area contributed by atoms with Gasteiger partial charge >= 0.3 is 17.9 Å².